The van der Waals surface area contributed by atoms with Crippen molar-refractivity contribution in [1.29, 1.82) is 0 Å². The summed E-state index contributed by atoms with van der Waals surface area (Å²) in [6, 6.07) is 0.589. The molecule has 76 valence electrons. The number of esters is 1. The minimum atomic E-state index is -0.200. The van der Waals surface area contributed by atoms with E-state index in [0.29, 0.717) is 12.6 Å². The van der Waals surface area contributed by atoms with Crippen LogP contribution in [0.15, 0.2) is 24.4 Å². The van der Waals surface area contributed by atoms with E-state index >= 15 is 0 Å². The molecular formula is C11H15NO2. The van der Waals surface area contributed by atoms with Gasteiger partial charge >= 0.3 is 5.97 Å². The number of hydrogen-bond acceptors (Lipinski definition) is 3. The highest BCUT2D eigenvalue weighted by atomic mass is 16.5. The lowest BCUT2D eigenvalue weighted by Crippen LogP contribution is -2.50. The molecule has 0 aromatic heterocycles. The molecule has 1 unspecified atom stereocenters. The van der Waals surface area contributed by atoms with Gasteiger partial charge in [-0.3, -0.25) is 0 Å². The van der Waals surface area contributed by atoms with E-state index in [1.807, 2.05) is 6.08 Å². The van der Waals surface area contributed by atoms with Crippen molar-refractivity contribution in [1.82, 2.24) is 4.90 Å². The van der Waals surface area contributed by atoms with Gasteiger partial charge in [0.05, 0.1) is 0 Å². The third-order valence-electron chi connectivity index (χ3n) is 2.83. The highest BCUT2D eigenvalue weighted by Gasteiger charge is 2.34. The number of ether oxygens (including phenoxy) is 1. The number of nitrogens with zero attached hydrogens (tertiary/aromatic N) is 1. The minimum absolute atomic E-state index is 0.200. The van der Waals surface area contributed by atoms with Crippen LogP contribution in [0.1, 0.15) is 19.3 Å². The van der Waals surface area contributed by atoms with Gasteiger partial charge in [0, 0.05) is 12.6 Å². The molecule has 0 aliphatic carbocycles. The average molecular weight is 193 g/mol. The molecule has 3 heteroatoms. The summed E-state index contributed by atoms with van der Waals surface area (Å²) in [5.74, 6) is -0.200. The van der Waals surface area contributed by atoms with Crippen LogP contribution in [0.5, 0.6) is 0 Å². The first-order valence-electron chi connectivity index (χ1n) is 5.07. The third kappa shape index (κ3) is 1.54. The first-order valence-corrected chi connectivity index (χ1v) is 5.07. The zero-order valence-electron chi connectivity index (χ0n) is 8.24. The van der Waals surface area contributed by atoms with E-state index in [2.05, 4.69) is 11.5 Å². The van der Waals surface area contributed by atoms with Crippen LogP contribution in [0.2, 0.25) is 0 Å². The molecule has 0 bridgehead atoms. The lowest BCUT2D eigenvalue weighted by atomic mass is 9.93. The predicted octanol–water partition coefficient (Wildman–Crippen LogP) is 1.47. The molecular weight excluding hydrogens is 178 g/mol. The summed E-state index contributed by atoms with van der Waals surface area (Å²) in [6.07, 6.45) is 6.97. The van der Waals surface area contributed by atoms with Gasteiger partial charge in [-0.15, -0.1) is 0 Å². The zero-order valence-corrected chi connectivity index (χ0v) is 8.24. The molecule has 2 rings (SSSR count). The summed E-state index contributed by atoms with van der Waals surface area (Å²) in [5.41, 5.74) is 0.759. The molecule has 0 N–H and O–H groups in total. The van der Waals surface area contributed by atoms with Crippen LogP contribution < -0.4 is 0 Å². The van der Waals surface area contributed by atoms with Crippen LogP contribution in [0.3, 0.4) is 0 Å². The monoisotopic (exact) mass is 193 g/mol. The number of carbonyl (C=O) groups excluding carboxylic acids is 1. The van der Waals surface area contributed by atoms with E-state index in [9.17, 15) is 4.79 Å². The van der Waals surface area contributed by atoms with Crippen LogP contribution in [-0.2, 0) is 9.53 Å². The van der Waals surface area contributed by atoms with E-state index in [1.165, 1.54) is 12.8 Å². The second-order valence-electron chi connectivity index (χ2n) is 3.69. The number of fused-ring (bicyclic) bond motifs is 1. The standard InChI is InChI=1S/C11H15NO2/c1-2-8-14-11(13)10-5-3-4-9-6-7-12(9)10/h2,5,9H,1,3-4,6-8H2. The van der Waals surface area contributed by atoms with E-state index in [4.69, 9.17) is 4.74 Å². The van der Waals surface area contributed by atoms with Crippen LogP contribution in [-0.4, -0.2) is 30.1 Å². The predicted molar refractivity (Wildman–Crippen MR) is 53.6 cm³/mol. The Morgan fingerprint density at radius 1 is 1.71 bits per heavy atom. The highest BCUT2D eigenvalue weighted by Crippen LogP contribution is 2.31. The Balaban J connectivity index is 1.98. The minimum Gasteiger partial charge on any atom is -0.457 e. The summed E-state index contributed by atoms with van der Waals surface area (Å²) in [7, 11) is 0. The largest absolute Gasteiger partial charge is 0.457 e. The molecule has 2 aliphatic rings. The van der Waals surface area contributed by atoms with Crippen molar-refractivity contribution < 1.29 is 9.53 Å². The van der Waals surface area contributed by atoms with Crippen LogP contribution >= 0.6 is 0 Å². The maximum absolute atomic E-state index is 11.6. The van der Waals surface area contributed by atoms with Crippen LogP contribution in [0.25, 0.3) is 0 Å². The number of allylic oxidation sites excluding steroid dienone is 1. The van der Waals surface area contributed by atoms with E-state index < -0.39 is 0 Å². The van der Waals surface area contributed by atoms with Gasteiger partial charge in [0.2, 0.25) is 0 Å². The van der Waals surface area contributed by atoms with Crippen molar-refractivity contribution in [3.05, 3.63) is 24.4 Å². The topological polar surface area (TPSA) is 29.5 Å². The molecule has 0 saturated carbocycles. The van der Waals surface area contributed by atoms with Crippen LogP contribution in [0, 0.1) is 0 Å². The van der Waals surface area contributed by atoms with Crippen molar-refractivity contribution >= 4 is 5.97 Å². The second-order valence-corrected chi connectivity index (χ2v) is 3.69. The Morgan fingerprint density at radius 2 is 2.57 bits per heavy atom. The summed E-state index contributed by atoms with van der Waals surface area (Å²) < 4.78 is 5.02. The first kappa shape index (κ1) is 9.31. The molecule has 0 radical (unpaired) electrons. The Morgan fingerprint density at radius 3 is 3.21 bits per heavy atom. The van der Waals surface area contributed by atoms with Gasteiger partial charge in [-0.1, -0.05) is 18.7 Å². The summed E-state index contributed by atoms with van der Waals surface area (Å²) in [6.45, 7) is 4.82. The maximum atomic E-state index is 11.6. The molecule has 0 aromatic rings. The Hall–Kier alpha value is -1.25. The number of hydrogen-bond donors (Lipinski definition) is 0. The summed E-state index contributed by atoms with van der Waals surface area (Å²) in [5, 5.41) is 0. The van der Waals surface area contributed by atoms with Gasteiger partial charge in [-0.25, -0.2) is 4.79 Å². The van der Waals surface area contributed by atoms with Gasteiger partial charge in [0.25, 0.3) is 0 Å². The molecule has 0 aromatic carbocycles. The fourth-order valence-corrected chi connectivity index (χ4v) is 2.00. The fraction of sp³-hybridized carbons (Fsp3) is 0.545. The van der Waals surface area contributed by atoms with E-state index in [0.717, 1.165) is 18.7 Å². The zero-order chi connectivity index (χ0) is 9.97. The van der Waals surface area contributed by atoms with Gasteiger partial charge in [-0.05, 0) is 19.3 Å². The Bertz CT molecular complexity index is 283. The average Bonchev–Trinajstić information content (AvgIpc) is 2.15. The van der Waals surface area contributed by atoms with E-state index in [1.54, 1.807) is 6.08 Å². The molecule has 0 amide bonds. The fourth-order valence-electron chi connectivity index (χ4n) is 2.00. The summed E-state index contributed by atoms with van der Waals surface area (Å²) in [4.78, 5) is 13.7. The third-order valence-corrected chi connectivity index (χ3v) is 2.83. The van der Waals surface area contributed by atoms with Gasteiger partial charge in [0.15, 0.2) is 0 Å². The van der Waals surface area contributed by atoms with Crippen LogP contribution in [0.4, 0.5) is 0 Å². The Kier molecular flexibility index (Phi) is 2.57. The highest BCUT2D eigenvalue weighted by molar-refractivity contribution is 5.88. The number of carbonyl (C=O) groups is 1. The molecule has 1 atom stereocenters. The molecule has 0 spiro atoms. The van der Waals surface area contributed by atoms with Gasteiger partial charge in [-0.2, -0.15) is 0 Å². The molecule has 2 heterocycles. The van der Waals surface area contributed by atoms with Crippen molar-refractivity contribution in [2.24, 2.45) is 0 Å². The first-order chi connectivity index (χ1) is 6.83. The van der Waals surface area contributed by atoms with Crippen molar-refractivity contribution in [2.75, 3.05) is 13.2 Å². The van der Waals surface area contributed by atoms with Gasteiger partial charge in [0.1, 0.15) is 12.3 Å². The van der Waals surface area contributed by atoms with E-state index in [-0.39, 0.29) is 5.97 Å². The number of rotatable bonds is 3. The van der Waals surface area contributed by atoms with Crippen molar-refractivity contribution in [3.8, 4) is 0 Å². The van der Waals surface area contributed by atoms with Crippen molar-refractivity contribution in [2.45, 2.75) is 25.3 Å². The SMILES string of the molecule is C=CCOC(=O)C1=CCCC2CCN12. The molecule has 1 saturated heterocycles. The lowest BCUT2D eigenvalue weighted by Gasteiger charge is -2.45. The maximum Gasteiger partial charge on any atom is 0.354 e. The Labute approximate surface area is 84.0 Å². The molecule has 3 nitrogen and oxygen atoms in total. The second kappa shape index (κ2) is 3.86. The molecule has 1 fully saturated rings. The van der Waals surface area contributed by atoms with Gasteiger partial charge < -0.3 is 9.64 Å². The smallest absolute Gasteiger partial charge is 0.354 e. The normalized spacial score (nSPS) is 24.4. The molecule has 14 heavy (non-hydrogen) atoms. The molecule has 2 aliphatic heterocycles. The van der Waals surface area contributed by atoms with Crippen molar-refractivity contribution in [3.63, 3.8) is 0 Å². The summed E-state index contributed by atoms with van der Waals surface area (Å²) >= 11 is 0. The quantitative estimate of drug-likeness (QED) is 0.502. The lowest BCUT2D eigenvalue weighted by molar-refractivity contribution is -0.141.